The second-order valence-electron chi connectivity index (χ2n) is 7.13. The van der Waals surface area contributed by atoms with Crippen LogP contribution in [-0.4, -0.2) is 41.0 Å². The van der Waals surface area contributed by atoms with Gasteiger partial charge in [0.05, 0.1) is 0 Å². The lowest BCUT2D eigenvalue weighted by Crippen LogP contribution is -2.47. The average molecular weight is 342 g/mol. The van der Waals surface area contributed by atoms with Gasteiger partial charge in [0, 0.05) is 49.9 Å². The van der Waals surface area contributed by atoms with E-state index in [0.717, 1.165) is 49.1 Å². The molecule has 0 amide bonds. The normalized spacial score (nSPS) is 17.1. The van der Waals surface area contributed by atoms with Crippen molar-refractivity contribution in [3.05, 3.63) is 53.2 Å². The van der Waals surface area contributed by atoms with Gasteiger partial charge in [-0.1, -0.05) is 26.0 Å². The second-order valence-corrected chi connectivity index (χ2v) is 7.13. The standard InChI is InChI=1S/C20H27FN4/c1-14(2)20-22-15(3)13-19(23-20)25-11-9-24(10-12-25)16(4)17-5-7-18(21)8-6-17/h5-8,13-14,16H,9-12H2,1-4H3/t16-/m0/s1. The van der Waals surface area contributed by atoms with Crippen molar-refractivity contribution in [2.45, 2.75) is 39.7 Å². The molecule has 0 radical (unpaired) electrons. The van der Waals surface area contributed by atoms with Gasteiger partial charge in [0.25, 0.3) is 0 Å². The van der Waals surface area contributed by atoms with Crippen LogP contribution in [0.4, 0.5) is 10.2 Å². The molecule has 1 aromatic carbocycles. The quantitative estimate of drug-likeness (QED) is 0.843. The van der Waals surface area contributed by atoms with Crippen LogP contribution in [-0.2, 0) is 0 Å². The van der Waals surface area contributed by atoms with E-state index in [-0.39, 0.29) is 5.82 Å². The molecule has 3 rings (SSSR count). The monoisotopic (exact) mass is 342 g/mol. The van der Waals surface area contributed by atoms with Crippen LogP contribution in [0.2, 0.25) is 0 Å². The molecule has 0 bridgehead atoms. The molecule has 2 heterocycles. The number of nitrogens with zero attached hydrogens (tertiary/aromatic N) is 4. The van der Waals surface area contributed by atoms with Crippen molar-refractivity contribution in [3.63, 3.8) is 0 Å². The highest BCUT2D eigenvalue weighted by Crippen LogP contribution is 2.24. The Balaban J connectivity index is 1.66. The number of hydrogen-bond donors (Lipinski definition) is 0. The molecule has 1 fully saturated rings. The number of hydrogen-bond acceptors (Lipinski definition) is 4. The summed E-state index contributed by atoms with van der Waals surface area (Å²) in [5, 5.41) is 0. The van der Waals surface area contributed by atoms with Gasteiger partial charge in [-0.15, -0.1) is 0 Å². The Labute approximate surface area is 149 Å². The van der Waals surface area contributed by atoms with E-state index in [4.69, 9.17) is 4.98 Å². The smallest absolute Gasteiger partial charge is 0.133 e. The fourth-order valence-corrected chi connectivity index (χ4v) is 3.29. The third-order valence-corrected chi connectivity index (χ3v) is 4.91. The van der Waals surface area contributed by atoms with Gasteiger partial charge in [-0.3, -0.25) is 4.90 Å². The zero-order valence-corrected chi connectivity index (χ0v) is 15.5. The van der Waals surface area contributed by atoms with Crippen LogP contribution in [0.25, 0.3) is 0 Å². The maximum atomic E-state index is 13.1. The molecule has 5 heteroatoms. The van der Waals surface area contributed by atoms with Crippen LogP contribution in [0.3, 0.4) is 0 Å². The molecule has 0 aliphatic carbocycles. The molecule has 1 aliphatic heterocycles. The second kappa shape index (κ2) is 7.48. The predicted octanol–water partition coefficient (Wildman–Crippen LogP) is 3.93. The molecule has 1 aromatic heterocycles. The molecule has 0 saturated carbocycles. The lowest BCUT2D eigenvalue weighted by Gasteiger charge is -2.39. The van der Waals surface area contributed by atoms with Crippen molar-refractivity contribution < 1.29 is 4.39 Å². The van der Waals surface area contributed by atoms with Gasteiger partial charge in [-0.2, -0.15) is 0 Å². The molecule has 4 nitrogen and oxygen atoms in total. The first-order valence-electron chi connectivity index (χ1n) is 9.04. The Kier molecular flexibility index (Phi) is 5.33. The van der Waals surface area contributed by atoms with Crippen molar-refractivity contribution in [1.82, 2.24) is 14.9 Å². The lowest BCUT2D eigenvalue weighted by atomic mass is 10.1. The van der Waals surface area contributed by atoms with Crippen molar-refractivity contribution in [2.24, 2.45) is 0 Å². The SMILES string of the molecule is Cc1cc(N2CCN([C@@H](C)c3ccc(F)cc3)CC2)nc(C(C)C)n1. The minimum Gasteiger partial charge on any atom is -0.354 e. The Morgan fingerprint density at radius 2 is 1.60 bits per heavy atom. The highest BCUT2D eigenvalue weighted by Gasteiger charge is 2.23. The first kappa shape index (κ1) is 17.8. The van der Waals surface area contributed by atoms with Crippen LogP contribution in [0.1, 0.15) is 49.8 Å². The van der Waals surface area contributed by atoms with E-state index in [1.165, 1.54) is 0 Å². The molecule has 0 spiro atoms. The van der Waals surface area contributed by atoms with Crippen LogP contribution in [0.15, 0.2) is 30.3 Å². The number of halogens is 1. The van der Waals surface area contributed by atoms with E-state index < -0.39 is 0 Å². The molecular weight excluding hydrogens is 315 g/mol. The summed E-state index contributed by atoms with van der Waals surface area (Å²) in [5.74, 6) is 2.10. The number of piperazine rings is 1. The van der Waals surface area contributed by atoms with Gasteiger partial charge in [-0.05, 0) is 31.5 Å². The summed E-state index contributed by atoms with van der Waals surface area (Å²) in [6.07, 6.45) is 0. The number of rotatable bonds is 4. The van der Waals surface area contributed by atoms with Crippen LogP contribution in [0.5, 0.6) is 0 Å². The summed E-state index contributed by atoms with van der Waals surface area (Å²) in [4.78, 5) is 14.1. The Bertz CT molecular complexity index is 706. The fraction of sp³-hybridized carbons (Fsp3) is 0.500. The van der Waals surface area contributed by atoms with Crippen molar-refractivity contribution >= 4 is 5.82 Å². The highest BCUT2D eigenvalue weighted by molar-refractivity contribution is 5.40. The minimum absolute atomic E-state index is 0.180. The van der Waals surface area contributed by atoms with Gasteiger partial charge in [0.15, 0.2) is 0 Å². The van der Waals surface area contributed by atoms with Crippen molar-refractivity contribution in [1.29, 1.82) is 0 Å². The van der Waals surface area contributed by atoms with E-state index in [2.05, 4.69) is 41.6 Å². The third kappa shape index (κ3) is 4.15. The zero-order chi connectivity index (χ0) is 18.0. The summed E-state index contributed by atoms with van der Waals surface area (Å²) in [7, 11) is 0. The van der Waals surface area contributed by atoms with Gasteiger partial charge in [0.2, 0.25) is 0 Å². The Morgan fingerprint density at radius 3 is 2.20 bits per heavy atom. The number of anilines is 1. The summed E-state index contributed by atoms with van der Waals surface area (Å²) in [5.41, 5.74) is 2.19. The minimum atomic E-state index is -0.180. The maximum Gasteiger partial charge on any atom is 0.133 e. The zero-order valence-electron chi connectivity index (χ0n) is 15.5. The predicted molar refractivity (Wildman–Crippen MR) is 99.5 cm³/mol. The molecule has 0 N–H and O–H groups in total. The summed E-state index contributed by atoms with van der Waals surface area (Å²) in [6, 6.07) is 9.22. The molecule has 1 saturated heterocycles. The first-order chi connectivity index (χ1) is 11.9. The van der Waals surface area contributed by atoms with Crippen LogP contribution in [0, 0.1) is 12.7 Å². The lowest BCUT2D eigenvalue weighted by molar-refractivity contribution is 0.198. The third-order valence-electron chi connectivity index (χ3n) is 4.91. The first-order valence-corrected chi connectivity index (χ1v) is 9.04. The van der Waals surface area contributed by atoms with E-state index in [9.17, 15) is 4.39 Å². The Morgan fingerprint density at radius 1 is 0.960 bits per heavy atom. The van der Waals surface area contributed by atoms with Gasteiger partial charge in [-0.25, -0.2) is 14.4 Å². The summed E-state index contributed by atoms with van der Waals surface area (Å²) in [6.45, 7) is 12.3. The number of benzene rings is 1. The Hall–Kier alpha value is -2.01. The maximum absolute atomic E-state index is 13.1. The topological polar surface area (TPSA) is 32.3 Å². The van der Waals surface area contributed by atoms with Crippen LogP contribution < -0.4 is 4.90 Å². The van der Waals surface area contributed by atoms with Gasteiger partial charge < -0.3 is 4.90 Å². The molecule has 2 aromatic rings. The highest BCUT2D eigenvalue weighted by atomic mass is 19.1. The average Bonchev–Trinajstić information content (AvgIpc) is 2.61. The fourth-order valence-electron chi connectivity index (χ4n) is 3.29. The van der Waals surface area contributed by atoms with Crippen LogP contribution >= 0.6 is 0 Å². The molecular formula is C20H27FN4. The van der Waals surface area contributed by atoms with Gasteiger partial charge >= 0.3 is 0 Å². The number of aryl methyl sites for hydroxylation is 1. The van der Waals surface area contributed by atoms with E-state index in [0.29, 0.717) is 12.0 Å². The van der Waals surface area contributed by atoms with E-state index in [1.807, 2.05) is 19.1 Å². The molecule has 25 heavy (non-hydrogen) atoms. The van der Waals surface area contributed by atoms with Gasteiger partial charge in [0.1, 0.15) is 17.5 Å². The van der Waals surface area contributed by atoms with E-state index >= 15 is 0 Å². The largest absolute Gasteiger partial charge is 0.354 e. The van der Waals surface area contributed by atoms with Crippen molar-refractivity contribution in [3.8, 4) is 0 Å². The molecule has 0 unspecified atom stereocenters. The molecule has 1 atom stereocenters. The summed E-state index contributed by atoms with van der Waals surface area (Å²) >= 11 is 0. The van der Waals surface area contributed by atoms with E-state index in [1.54, 1.807) is 12.1 Å². The molecule has 134 valence electrons. The molecule has 1 aliphatic rings. The number of aromatic nitrogens is 2. The summed E-state index contributed by atoms with van der Waals surface area (Å²) < 4.78 is 13.1. The van der Waals surface area contributed by atoms with Crippen molar-refractivity contribution in [2.75, 3.05) is 31.1 Å².